The molecule has 0 bridgehead atoms. The van der Waals surface area contributed by atoms with Gasteiger partial charge in [0.2, 0.25) is 0 Å². The van der Waals surface area contributed by atoms with E-state index in [2.05, 4.69) is 21.2 Å². The Morgan fingerprint density at radius 2 is 1.57 bits per heavy atom. The molecule has 1 atom stereocenters. The topological polar surface area (TPSA) is 15.3 Å². The van der Waals surface area contributed by atoms with Crippen molar-refractivity contribution >= 4 is 28.3 Å². The molecule has 132 valence electrons. The van der Waals surface area contributed by atoms with Gasteiger partial charge in [-0.2, -0.15) is 26.3 Å². The number of rotatable bonds is 2. The quantitative estimate of drug-likeness (QED) is 0.704. The van der Waals surface area contributed by atoms with Crippen LogP contribution in [-0.2, 0) is 6.18 Å². The third-order valence-electron chi connectivity index (χ3n) is 3.39. The summed E-state index contributed by atoms with van der Waals surface area (Å²) in [6, 6.07) is 0.392. The van der Waals surface area contributed by atoms with Gasteiger partial charge in [0.1, 0.15) is 6.04 Å². The van der Waals surface area contributed by atoms with Gasteiger partial charge in [0.15, 0.2) is 0 Å². The van der Waals surface area contributed by atoms with E-state index in [9.17, 15) is 26.3 Å². The zero-order valence-corrected chi connectivity index (χ0v) is 14.0. The second kappa shape index (κ2) is 7.58. The Bertz CT molecular complexity index is 528. The highest BCUT2D eigenvalue weighted by molar-refractivity contribution is 9.10. The lowest BCUT2D eigenvalue weighted by Crippen LogP contribution is -2.49. The first-order valence-corrected chi connectivity index (χ1v) is 7.27. The smallest absolute Gasteiger partial charge is 0.314 e. The van der Waals surface area contributed by atoms with Crippen LogP contribution in [0, 0.1) is 0 Å². The van der Waals surface area contributed by atoms with E-state index in [1.54, 1.807) is 0 Å². The Hall–Kier alpha value is -0.510. The van der Waals surface area contributed by atoms with Crippen molar-refractivity contribution in [1.29, 1.82) is 0 Å². The average Bonchev–Trinajstić information content (AvgIpc) is 2.36. The van der Waals surface area contributed by atoms with Crippen LogP contribution in [0.5, 0.6) is 0 Å². The molecule has 0 saturated carbocycles. The van der Waals surface area contributed by atoms with E-state index in [4.69, 9.17) is 0 Å². The highest BCUT2D eigenvalue weighted by Crippen LogP contribution is 2.41. The zero-order valence-electron chi connectivity index (χ0n) is 11.6. The molecule has 2 rings (SSSR count). The Labute approximate surface area is 143 Å². The number of hydrogen-bond acceptors (Lipinski definition) is 2. The minimum atomic E-state index is -4.70. The van der Waals surface area contributed by atoms with Gasteiger partial charge >= 0.3 is 12.4 Å². The maximum Gasteiger partial charge on any atom is 0.416 e. The number of nitrogens with one attached hydrogen (secondary N) is 1. The summed E-state index contributed by atoms with van der Waals surface area (Å²) in [5, 5.41) is 2.92. The van der Waals surface area contributed by atoms with Crippen molar-refractivity contribution < 1.29 is 26.3 Å². The van der Waals surface area contributed by atoms with E-state index in [1.807, 2.05) is 0 Å². The van der Waals surface area contributed by atoms with Gasteiger partial charge in [0.05, 0.1) is 5.56 Å². The molecule has 1 saturated heterocycles. The Morgan fingerprint density at radius 3 is 2.04 bits per heavy atom. The van der Waals surface area contributed by atoms with E-state index >= 15 is 0 Å². The average molecular weight is 428 g/mol. The minimum absolute atomic E-state index is 0. The first-order valence-electron chi connectivity index (χ1n) is 6.48. The van der Waals surface area contributed by atoms with Crippen molar-refractivity contribution in [2.75, 3.05) is 26.2 Å². The molecule has 1 aliphatic heterocycles. The van der Waals surface area contributed by atoms with Crippen molar-refractivity contribution in [2.45, 2.75) is 18.4 Å². The van der Waals surface area contributed by atoms with Crippen LogP contribution in [0.4, 0.5) is 26.3 Å². The molecule has 23 heavy (non-hydrogen) atoms. The van der Waals surface area contributed by atoms with Gasteiger partial charge in [-0.15, -0.1) is 12.4 Å². The number of benzene rings is 1. The second-order valence-electron chi connectivity index (χ2n) is 5.00. The first-order chi connectivity index (χ1) is 10.1. The maximum atomic E-state index is 13.4. The van der Waals surface area contributed by atoms with E-state index in [0.29, 0.717) is 19.2 Å². The largest absolute Gasteiger partial charge is 0.416 e. The molecule has 1 aromatic carbocycles. The van der Waals surface area contributed by atoms with Gasteiger partial charge in [-0.25, -0.2) is 0 Å². The molecule has 1 N–H and O–H groups in total. The molecular weight excluding hydrogens is 414 g/mol. The monoisotopic (exact) mass is 426 g/mol. The van der Waals surface area contributed by atoms with E-state index in [1.165, 1.54) is 0 Å². The van der Waals surface area contributed by atoms with Crippen molar-refractivity contribution in [3.05, 3.63) is 33.8 Å². The standard InChI is InChI=1S/C13H13BrF6N2.ClH/c14-10-6-8(5-9(7-10)12(15,16)17)11(13(18,19)20)22-3-1-21-2-4-22;/h5-7,11,21H,1-4H2;1H/t11-;/m0./s1. The molecule has 1 heterocycles. The van der Waals surface area contributed by atoms with Gasteiger partial charge in [0, 0.05) is 30.7 Å². The summed E-state index contributed by atoms with van der Waals surface area (Å²) in [5.74, 6) is 0. The molecule has 0 aromatic heterocycles. The third kappa shape index (κ3) is 5.23. The lowest BCUT2D eigenvalue weighted by Gasteiger charge is -2.36. The number of halogens is 8. The maximum absolute atomic E-state index is 13.4. The summed E-state index contributed by atoms with van der Waals surface area (Å²) in [5.41, 5.74) is -1.50. The number of hydrogen-bond donors (Lipinski definition) is 1. The van der Waals surface area contributed by atoms with Gasteiger partial charge in [0.25, 0.3) is 0 Å². The zero-order chi connectivity index (χ0) is 16.5. The van der Waals surface area contributed by atoms with Crippen LogP contribution in [0.25, 0.3) is 0 Å². The van der Waals surface area contributed by atoms with Crippen LogP contribution in [-0.4, -0.2) is 37.3 Å². The number of alkyl halides is 6. The van der Waals surface area contributed by atoms with Gasteiger partial charge in [-0.05, 0) is 23.8 Å². The first kappa shape index (κ1) is 20.5. The van der Waals surface area contributed by atoms with Crippen molar-refractivity contribution in [3.63, 3.8) is 0 Å². The fourth-order valence-corrected chi connectivity index (χ4v) is 2.99. The summed E-state index contributed by atoms with van der Waals surface area (Å²) < 4.78 is 78.6. The highest BCUT2D eigenvalue weighted by atomic mass is 79.9. The summed E-state index contributed by atoms with van der Waals surface area (Å²) in [7, 11) is 0. The van der Waals surface area contributed by atoms with E-state index in [-0.39, 0.29) is 30.0 Å². The summed E-state index contributed by atoms with van der Waals surface area (Å²) in [6.07, 6.45) is -9.35. The number of piperazine rings is 1. The summed E-state index contributed by atoms with van der Waals surface area (Å²) in [4.78, 5) is 1.15. The van der Waals surface area contributed by atoms with Crippen molar-refractivity contribution in [1.82, 2.24) is 10.2 Å². The lowest BCUT2D eigenvalue weighted by atomic mass is 10.0. The van der Waals surface area contributed by atoms with Crippen LogP contribution in [0.15, 0.2) is 22.7 Å². The predicted octanol–water partition coefficient (Wildman–Crippen LogP) is 4.40. The summed E-state index contributed by atoms with van der Waals surface area (Å²) in [6.45, 7) is 0.982. The lowest BCUT2D eigenvalue weighted by molar-refractivity contribution is -0.188. The van der Waals surface area contributed by atoms with Crippen LogP contribution in [0.3, 0.4) is 0 Å². The molecule has 1 fully saturated rings. The van der Waals surface area contributed by atoms with Crippen molar-refractivity contribution in [3.8, 4) is 0 Å². The fraction of sp³-hybridized carbons (Fsp3) is 0.538. The SMILES string of the molecule is Cl.FC(F)(F)c1cc(Br)cc([C@H](N2CCNCC2)C(F)(F)F)c1. The number of nitrogens with zero attached hydrogens (tertiary/aromatic N) is 1. The molecule has 0 unspecified atom stereocenters. The molecule has 1 aromatic rings. The predicted molar refractivity (Wildman–Crippen MR) is 79.6 cm³/mol. The van der Waals surface area contributed by atoms with Crippen LogP contribution in [0.2, 0.25) is 0 Å². The second-order valence-corrected chi connectivity index (χ2v) is 5.92. The van der Waals surface area contributed by atoms with Crippen molar-refractivity contribution in [2.24, 2.45) is 0 Å². The van der Waals surface area contributed by atoms with E-state index < -0.39 is 29.5 Å². The normalized spacial score (nSPS) is 18.4. The Kier molecular flexibility index (Phi) is 6.77. The molecule has 2 nitrogen and oxygen atoms in total. The van der Waals surface area contributed by atoms with Crippen LogP contribution >= 0.6 is 28.3 Å². The van der Waals surface area contributed by atoms with E-state index in [0.717, 1.165) is 17.0 Å². The Balaban J connectivity index is 0.00000264. The van der Waals surface area contributed by atoms with Crippen LogP contribution < -0.4 is 5.32 Å². The van der Waals surface area contributed by atoms with Gasteiger partial charge < -0.3 is 5.32 Å². The highest BCUT2D eigenvalue weighted by Gasteiger charge is 2.45. The summed E-state index contributed by atoms with van der Waals surface area (Å²) >= 11 is 2.87. The molecule has 0 radical (unpaired) electrons. The molecule has 0 aliphatic carbocycles. The van der Waals surface area contributed by atoms with Gasteiger partial charge in [-0.1, -0.05) is 15.9 Å². The molecule has 0 spiro atoms. The molecule has 10 heteroatoms. The van der Waals surface area contributed by atoms with Crippen LogP contribution in [0.1, 0.15) is 17.2 Å². The molecular formula is C13H14BrClF6N2. The van der Waals surface area contributed by atoms with Gasteiger partial charge in [-0.3, -0.25) is 4.90 Å². The fourth-order valence-electron chi connectivity index (χ4n) is 2.48. The molecule has 1 aliphatic rings. The molecule has 0 amide bonds. The third-order valence-corrected chi connectivity index (χ3v) is 3.85. The minimum Gasteiger partial charge on any atom is -0.314 e. The Morgan fingerprint density at radius 1 is 1.00 bits per heavy atom.